The summed E-state index contributed by atoms with van der Waals surface area (Å²) in [6, 6.07) is 10.7. The Hall–Kier alpha value is -0.0900. The molecule has 13 heavy (non-hydrogen) atoms. The molecule has 0 saturated carbocycles. The van der Waals surface area contributed by atoms with Crippen molar-refractivity contribution in [3.63, 3.8) is 0 Å². The van der Waals surface area contributed by atoms with Crippen molar-refractivity contribution < 1.29 is 0 Å². The van der Waals surface area contributed by atoms with Crippen molar-refractivity contribution in [1.82, 2.24) is 5.32 Å². The molecule has 1 rings (SSSR count). The smallest absolute Gasteiger partial charge is 0.0121 e. The van der Waals surface area contributed by atoms with Gasteiger partial charge in [-0.05, 0) is 24.9 Å². The van der Waals surface area contributed by atoms with E-state index in [1.54, 1.807) is 0 Å². The highest BCUT2D eigenvalue weighted by Crippen LogP contribution is 2.01. The quantitative estimate of drug-likeness (QED) is 0.482. The van der Waals surface area contributed by atoms with Gasteiger partial charge in [-0.15, -0.1) is 0 Å². The van der Waals surface area contributed by atoms with Crippen LogP contribution in [-0.4, -0.2) is 17.5 Å². The second kappa shape index (κ2) is 7.33. The molecule has 0 radical (unpaired) electrons. The molecule has 0 heterocycles. The highest BCUT2D eigenvalue weighted by atomic mass is 127. The van der Waals surface area contributed by atoms with Gasteiger partial charge in [-0.3, -0.25) is 0 Å². The summed E-state index contributed by atoms with van der Waals surface area (Å²) in [5.41, 5.74) is 1.44. The highest BCUT2D eigenvalue weighted by Gasteiger charge is 1.90. The second-order valence-corrected chi connectivity index (χ2v) is 4.11. The fraction of sp³-hybridized carbons (Fsp3) is 0.455. The molecule has 1 N–H and O–H groups in total. The molecule has 0 aliphatic carbocycles. The van der Waals surface area contributed by atoms with Gasteiger partial charge in [-0.2, -0.15) is 0 Å². The summed E-state index contributed by atoms with van der Waals surface area (Å²) < 4.78 is 1.20. The monoisotopic (exact) mass is 289 g/mol. The van der Waals surface area contributed by atoms with Crippen molar-refractivity contribution in [3.05, 3.63) is 35.9 Å². The first-order valence-electron chi connectivity index (χ1n) is 4.74. The number of alkyl halides is 1. The molecule has 0 unspecified atom stereocenters. The van der Waals surface area contributed by atoms with E-state index >= 15 is 0 Å². The molecule has 1 aromatic rings. The van der Waals surface area contributed by atoms with Gasteiger partial charge < -0.3 is 5.32 Å². The first-order valence-corrected chi connectivity index (χ1v) is 6.26. The maximum absolute atomic E-state index is 3.40. The van der Waals surface area contributed by atoms with Gasteiger partial charge in [0.25, 0.3) is 0 Å². The van der Waals surface area contributed by atoms with Crippen LogP contribution >= 0.6 is 22.6 Å². The van der Waals surface area contributed by atoms with Crippen LogP contribution in [0.15, 0.2) is 30.3 Å². The minimum absolute atomic E-state index is 1.13. The van der Waals surface area contributed by atoms with Crippen LogP contribution in [0.2, 0.25) is 0 Å². The number of hydrogen-bond donors (Lipinski definition) is 1. The summed E-state index contributed by atoms with van der Waals surface area (Å²) in [7, 11) is 0. The Balaban J connectivity index is 2.07. The van der Waals surface area contributed by atoms with E-state index in [1.807, 2.05) is 0 Å². The van der Waals surface area contributed by atoms with E-state index < -0.39 is 0 Å². The van der Waals surface area contributed by atoms with Crippen LogP contribution in [0.4, 0.5) is 0 Å². The van der Waals surface area contributed by atoms with Crippen molar-refractivity contribution in [2.24, 2.45) is 0 Å². The highest BCUT2D eigenvalue weighted by molar-refractivity contribution is 14.1. The SMILES string of the molecule is ICCNCCCc1ccccc1. The molecule has 0 amide bonds. The Bertz CT molecular complexity index is 211. The lowest BCUT2D eigenvalue weighted by Crippen LogP contribution is -2.17. The van der Waals surface area contributed by atoms with Crippen molar-refractivity contribution >= 4 is 22.6 Å². The van der Waals surface area contributed by atoms with Crippen molar-refractivity contribution in [1.29, 1.82) is 0 Å². The minimum atomic E-state index is 1.13. The molecule has 1 nitrogen and oxygen atoms in total. The molecule has 72 valence electrons. The summed E-state index contributed by atoms with van der Waals surface area (Å²) in [5.74, 6) is 0. The van der Waals surface area contributed by atoms with E-state index in [4.69, 9.17) is 0 Å². The van der Waals surface area contributed by atoms with E-state index in [-0.39, 0.29) is 0 Å². The average Bonchev–Trinajstić information content (AvgIpc) is 2.19. The second-order valence-electron chi connectivity index (χ2n) is 3.03. The fourth-order valence-electron chi connectivity index (χ4n) is 1.25. The third kappa shape index (κ3) is 5.26. The molecule has 0 aliphatic heterocycles. The predicted octanol–water partition coefficient (Wildman–Crippen LogP) is 2.64. The maximum atomic E-state index is 3.40. The summed E-state index contributed by atoms with van der Waals surface area (Å²) in [6.45, 7) is 2.27. The van der Waals surface area contributed by atoms with E-state index in [9.17, 15) is 0 Å². The van der Waals surface area contributed by atoms with Crippen LogP contribution < -0.4 is 5.32 Å². The lowest BCUT2D eigenvalue weighted by molar-refractivity contribution is 0.679. The van der Waals surface area contributed by atoms with Crippen LogP contribution in [0.3, 0.4) is 0 Å². The summed E-state index contributed by atoms with van der Waals surface area (Å²) in [4.78, 5) is 0. The van der Waals surface area contributed by atoms with Gasteiger partial charge >= 0.3 is 0 Å². The number of rotatable bonds is 6. The largest absolute Gasteiger partial charge is 0.316 e. The lowest BCUT2D eigenvalue weighted by Gasteiger charge is -2.02. The van der Waals surface area contributed by atoms with Gasteiger partial charge in [-0.25, -0.2) is 0 Å². The molecule has 1 aromatic carbocycles. The van der Waals surface area contributed by atoms with Gasteiger partial charge in [-0.1, -0.05) is 52.9 Å². The molecule has 0 atom stereocenters. The number of benzene rings is 1. The van der Waals surface area contributed by atoms with Crippen molar-refractivity contribution in [3.8, 4) is 0 Å². The molecule has 0 aromatic heterocycles. The van der Waals surface area contributed by atoms with Crippen LogP contribution in [0.5, 0.6) is 0 Å². The molecule has 2 heteroatoms. The molecule has 0 spiro atoms. The molecule has 0 saturated heterocycles. The van der Waals surface area contributed by atoms with Crippen LogP contribution in [0.1, 0.15) is 12.0 Å². The Morgan fingerprint density at radius 2 is 1.85 bits per heavy atom. The zero-order valence-corrected chi connectivity index (χ0v) is 9.96. The first kappa shape index (κ1) is 11.0. The number of hydrogen-bond acceptors (Lipinski definition) is 1. The van der Waals surface area contributed by atoms with E-state index in [2.05, 4.69) is 58.2 Å². The molecular formula is C11H16IN. The average molecular weight is 289 g/mol. The molecule has 0 fully saturated rings. The van der Waals surface area contributed by atoms with E-state index in [0.717, 1.165) is 13.1 Å². The fourth-order valence-corrected chi connectivity index (χ4v) is 1.64. The van der Waals surface area contributed by atoms with Crippen molar-refractivity contribution in [2.45, 2.75) is 12.8 Å². The van der Waals surface area contributed by atoms with E-state index in [1.165, 1.54) is 22.8 Å². The Morgan fingerprint density at radius 1 is 1.08 bits per heavy atom. The topological polar surface area (TPSA) is 12.0 Å². The molecule has 0 aliphatic rings. The summed E-state index contributed by atoms with van der Waals surface area (Å²) in [5, 5.41) is 3.40. The van der Waals surface area contributed by atoms with E-state index in [0.29, 0.717) is 0 Å². The maximum Gasteiger partial charge on any atom is 0.0121 e. The predicted molar refractivity (Wildman–Crippen MR) is 66.5 cm³/mol. The number of aryl methyl sites for hydroxylation is 1. The number of nitrogens with one attached hydrogen (secondary N) is 1. The minimum Gasteiger partial charge on any atom is -0.316 e. The normalized spacial score (nSPS) is 10.2. The first-order chi connectivity index (χ1) is 6.43. The van der Waals surface area contributed by atoms with Gasteiger partial charge in [0.2, 0.25) is 0 Å². The summed E-state index contributed by atoms with van der Waals surface area (Å²) in [6.07, 6.45) is 2.43. The Kier molecular flexibility index (Phi) is 6.19. The summed E-state index contributed by atoms with van der Waals surface area (Å²) >= 11 is 2.39. The third-order valence-corrected chi connectivity index (χ3v) is 2.47. The standard InChI is InChI=1S/C11H16IN/c12-8-10-13-9-4-7-11-5-2-1-3-6-11/h1-3,5-6,13H,4,7-10H2. The van der Waals surface area contributed by atoms with Gasteiger partial charge in [0.15, 0.2) is 0 Å². The third-order valence-electron chi connectivity index (χ3n) is 1.93. The number of halogens is 1. The van der Waals surface area contributed by atoms with Gasteiger partial charge in [0.1, 0.15) is 0 Å². The van der Waals surface area contributed by atoms with Crippen LogP contribution in [0, 0.1) is 0 Å². The zero-order chi connectivity index (χ0) is 9.36. The van der Waals surface area contributed by atoms with Crippen molar-refractivity contribution in [2.75, 3.05) is 17.5 Å². The van der Waals surface area contributed by atoms with Crippen LogP contribution in [-0.2, 0) is 6.42 Å². The van der Waals surface area contributed by atoms with Gasteiger partial charge in [0, 0.05) is 11.0 Å². The molecular weight excluding hydrogens is 273 g/mol. The molecule has 0 bridgehead atoms. The zero-order valence-electron chi connectivity index (χ0n) is 7.80. The Morgan fingerprint density at radius 3 is 2.54 bits per heavy atom. The van der Waals surface area contributed by atoms with Gasteiger partial charge in [0.05, 0.1) is 0 Å². The van der Waals surface area contributed by atoms with Crippen LogP contribution in [0.25, 0.3) is 0 Å². The lowest BCUT2D eigenvalue weighted by atomic mass is 10.1. The Labute approximate surface area is 94.1 Å².